The number of aliphatic hydroxyl groups excluding tert-OH is 1. The molecule has 3 rings (SSSR count). The van der Waals surface area contributed by atoms with E-state index in [9.17, 15) is 9.90 Å². The summed E-state index contributed by atoms with van der Waals surface area (Å²) in [4.78, 5) is 11.6. The van der Waals surface area contributed by atoms with Crippen LogP contribution in [0.4, 0.5) is 0 Å². The molecule has 1 aliphatic carbocycles. The van der Waals surface area contributed by atoms with Gasteiger partial charge in [-0.25, -0.2) is 0 Å². The Bertz CT molecular complexity index is 884. The van der Waals surface area contributed by atoms with Crippen molar-refractivity contribution in [3.63, 3.8) is 0 Å². The zero-order valence-corrected chi connectivity index (χ0v) is 21.0. The van der Waals surface area contributed by atoms with Crippen LogP contribution in [0.5, 0.6) is 5.75 Å². The smallest absolute Gasteiger partial charge is 0.306 e. The van der Waals surface area contributed by atoms with Gasteiger partial charge in [0.25, 0.3) is 0 Å². The minimum absolute atomic E-state index is 0.0285. The maximum absolute atomic E-state index is 11.6. The standard InChI is InChI=1S/C29H41NO4/c1-4-29(5-2,19-23-16-24-11-7-8-12-25(24)17-23)30-20-26(31)21-34-27-13-9-10-22(18-27)14-15-28(32)33-6-3/h7-13,18,23,26,30-31H,4-6,14-17,19-21H2,1-3H3/t26-/m1/s1. The van der Waals surface area contributed by atoms with Crippen molar-refractivity contribution in [1.82, 2.24) is 5.32 Å². The maximum Gasteiger partial charge on any atom is 0.306 e. The summed E-state index contributed by atoms with van der Waals surface area (Å²) in [6, 6.07) is 16.5. The number of aryl methyl sites for hydroxylation is 1. The van der Waals surface area contributed by atoms with Crippen LogP contribution in [0.1, 0.15) is 63.1 Å². The Labute approximate surface area is 204 Å². The zero-order chi connectivity index (χ0) is 24.4. The number of aliphatic hydroxyl groups is 1. The first-order valence-corrected chi connectivity index (χ1v) is 12.8. The van der Waals surface area contributed by atoms with Gasteiger partial charge in [0, 0.05) is 18.5 Å². The predicted octanol–water partition coefficient (Wildman–Crippen LogP) is 4.88. The molecule has 0 heterocycles. The van der Waals surface area contributed by atoms with Crippen molar-refractivity contribution < 1.29 is 19.4 Å². The highest BCUT2D eigenvalue weighted by atomic mass is 16.5. The second-order valence-corrected chi connectivity index (χ2v) is 9.53. The van der Waals surface area contributed by atoms with E-state index in [1.165, 1.54) is 11.1 Å². The van der Waals surface area contributed by atoms with Gasteiger partial charge in [-0.2, -0.15) is 0 Å². The van der Waals surface area contributed by atoms with Crippen molar-refractivity contribution >= 4 is 5.97 Å². The van der Waals surface area contributed by atoms with Crippen LogP contribution < -0.4 is 10.1 Å². The van der Waals surface area contributed by atoms with Crippen molar-refractivity contribution in [2.75, 3.05) is 19.8 Å². The zero-order valence-electron chi connectivity index (χ0n) is 21.0. The van der Waals surface area contributed by atoms with Crippen LogP contribution in [0.2, 0.25) is 0 Å². The molecule has 0 saturated carbocycles. The first-order chi connectivity index (χ1) is 16.5. The lowest BCUT2D eigenvalue weighted by Crippen LogP contribution is -2.49. The SMILES string of the molecule is CCOC(=O)CCc1cccc(OC[C@H](O)CNC(CC)(CC)CC2Cc3ccccc3C2)c1. The fourth-order valence-electron chi connectivity index (χ4n) is 5.06. The second-order valence-electron chi connectivity index (χ2n) is 9.53. The molecule has 34 heavy (non-hydrogen) atoms. The van der Waals surface area contributed by atoms with Crippen LogP contribution in [-0.4, -0.2) is 42.5 Å². The van der Waals surface area contributed by atoms with Crippen LogP contribution >= 0.6 is 0 Å². The normalized spacial score (nSPS) is 14.6. The lowest BCUT2D eigenvalue weighted by Gasteiger charge is -2.36. The Hall–Kier alpha value is -2.37. The maximum atomic E-state index is 11.6. The number of esters is 1. The number of hydrogen-bond acceptors (Lipinski definition) is 5. The summed E-state index contributed by atoms with van der Waals surface area (Å²) in [7, 11) is 0. The van der Waals surface area contributed by atoms with Crippen LogP contribution in [0, 0.1) is 5.92 Å². The van der Waals surface area contributed by atoms with Crippen LogP contribution in [0.25, 0.3) is 0 Å². The lowest BCUT2D eigenvalue weighted by molar-refractivity contribution is -0.143. The predicted molar refractivity (Wildman–Crippen MR) is 136 cm³/mol. The summed E-state index contributed by atoms with van der Waals surface area (Å²) in [5.41, 5.74) is 4.03. The minimum Gasteiger partial charge on any atom is -0.491 e. The van der Waals surface area contributed by atoms with Gasteiger partial charge in [-0.15, -0.1) is 0 Å². The number of rotatable bonds is 14. The molecule has 0 aliphatic heterocycles. The summed E-state index contributed by atoms with van der Waals surface area (Å²) in [5, 5.41) is 14.3. The number of β-amino-alcohol motifs (C(OH)–C–C–N with tert-alkyl or cyclic N) is 1. The van der Waals surface area contributed by atoms with E-state index in [0.717, 1.165) is 37.7 Å². The highest BCUT2D eigenvalue weighted by Crippen LogP contribution is 2.34. The van der Waals surface area contributed by atoms with E-state index in [4.69, 9.17) is 9.47 Å². The van der Waals surface area contributed by atoms with Crippen molar-refractivity contribution in [3.05, 3.63) is 65.2 Å². The van der Waals surface area contributed by atoms with Crippen molar-refractivity contribution in [1.29, 1.82) is 0 Å². The van der Waals surface area contributed by atoms with Crippen LogP contribution in [0.15, 0.2) is 48.5 Å². The molecule has 0 amide bonds. The molecular formula is C29H41NO4. The Kier molecular flexibility index (Phi) is 9.97. The third-order valence-corrected chi connectivity index (χ3v) is 7.15. The molecular weight excluding hydrogens is 426 g/mol. The molecule has 2 aromatic rings. The summed E-state index contributed by atoms with van der Waals surface area (Å²) < 4.78 is 10.9. The number of hydrogen-bond donors (Lipinski definition) is 2. The number of nitrogens with one attached hydrogen (secondary N) is 1. The number of carbonyl (C=O) groups excluding carboxylic acids is 1. The van der Waals surface area contributed by atoms with E-state index in [1.807, 2.05) is 31.2 Å². The second kappa shape index (κ2) is 12.9. The number of ether oxygens (including phenoxy) is 2. The van der Waals surface area contributed by atoms with E-state index in [2.05, 4.69) is 43.4 Å². The van der Waals surface area contributed by atoms with Crippen LogP contribution in [0.3, 0.4) is 0 Å². The fourth-order valence-corrected chi connectivity index (χ4v) is 5.06. The summed E-state index contributed by atoms with van der Waals surface area (Å²) >= 11 is 0. The first kappa shape index (κ1) is 26.2. The molecule has 0 unspecified atom stereocenters. The van der Waals surface area contributed by atoms with E-state index >= 15 is 0 Å². The summed E-state index contributed by atoms with van der Waals surface area (Å²) in [6.07, 6.45) is 5.85. The van der Waals surface area contributed by atoms with Gasteiger partial charge in [0.15, 0.2) is 0 Å². The number of fused-ring (bicyclic) bond motifs is 1. The molecule has 5 nitrogen and oxygen atoms in total. The third-order valence-electron chi connectivity index (χ3n) is 7.15. The van der Waals surface area contributed by atoms with Crippen molar-refractivity contribution in [2.24, 2.45) is 5.92 Å². The van der Waals surface area contributed by atoms with Crippen molar-refractivity contribution in [2.45, 2.75) is 77.4 Å². The number of carbonyl (C=O) groups is 1. The Morgan fingerprint density at radius 2 is 1.79 bits per heavy atom. The molecule has 1 aliphatic rings. The molecule has 0 fully saturated rings. The Morgan fingerprint density at radius 3 is 2.44 bits per heavy atom. The van der Waals surface area contributed by atoms with Gasteiger partial charge in [-0.3, -0.25) is 4.79 Å². The molecule has 0 radical (unpaired) electrons. The monoisotopic (exact) mass is 467 g/mol. The van der Waals surface area contributed by atoms with Gasteiger partial charge in [0.2, 0.25) is 0 Å². The molecule has 2 N–H and O–H groups in total. The van der Waals surface area contributed by atoms with Gasteiger partial charge in [0.05, 0.1) is 6.61 Å². The van der Waals surface area contributed by atoms with Gasteiger partial charge in [-0.05, 0) is 80.2 Å². The minimum atomic E-state index is -0.596. The number of benzene rings is 2. The lowest BCUT2D eigenvalue weighted by atomic mass is 9.81. The van der Waals surface area contributed by atoms with Gasteiger partial charge in [0.1, 0.15) is 18.5 Å². The van der Waals surface area contributed by atoms with Gasteiger partial charge < -0.3 is 19.9 Å². The molecule has 0 spiro atoms. The third kappa shape index (κ3) is 7.57. The highest BCUT2D eigenvalue weighted by molar-refractivity contribution is 5.69. The van der Waals surface area contributed by atoms with E-state index in [-0.39, 0.29) is 18.1 Å². The first-order valence-electron chi connectivity index (χ1n) is 12.8. The molecule has 0 saturated heterocycles. The molecule has 186 valence electrons. The van der Waals surface area contributed by atoms with Gasteiger partial charge in [-0.1, -0.05) is 50.2 Å². The molecule has 0 aromatic heterocycles. The molecule has 5 heteroatoms. The Balaban J connectivity index is 1.46. The largest absolute Gasteiger partial charge is 0.491 e. The molecule has 2 aromatic carbocycles. The molecule has 0 bridgehead atoms. The summed E-state index contributed by atoms with van der Waals surface area (Å²) in [6.45, 7) is 7.42. The average Bonchev–Trinajstić information content (AvgIpc) is 3.27. The van der Waals surface area contributed by atoms with E-state index in [0.29, 0.717) is 37.7 Å². The van der Waals surface area contributed by atoms with Gasteiger partial charge >= 0.3 is 5.97 Å². The van der Waals surface area contributed by atoms with E-state index < -0.39 is 6.10 Å². The van der Waals surface area contributed by atoms with Crippen molar-refractivity contribution in [3.8, 4) is 5.75 Å². The van der Waals surface area contributed by atoms with Crippen LogP contribution in [-0.2, 0) is 28.8 Å². The Morgan fingerprint density at radius 1 is 1.09 bits per heavy atom. The molecule has 1 atom stereocenters. The summed E-state index contributed by atoms with van der Waals surface area (Å²) in [5.74, 6) is 1.17. The highest BCUT2D eigenvalue weighted by Gasteiger charge is 2.32. The average molecular weight is 468 g/mol. The fraction of sp³-hybridized carbons (Fsp3) is 0.552. The van der Waals surface area contributed by atoms with E-state index in [1.54, 1.807) is 0 Å². The quantitative estimate of drug-likeness (QED) is 0.388. The topological polar surface area (TPSA) is 67.8 Å².